The summed E-state index contributed by atoms with van der Waals surface area (Å²) in [5, 5.41) is -0.545. The van der Waals surface area contributed by atoms with Gasteiger partial charge in [-0.15, -0.1) is 0 Å². The van der Waals surface area contributed by atoms with E-state index in [2.05, 4.69) is 10.4 Å². The van der Waals surface area contributed by atoms with Crippen LogP contribution in [0.4, 0.5) is 24.5 Å². The van der Waals surface area contributed by atoms with Crippen molar-refractivity contribution in [3.8, 4) is 0 Å². The molecule has 0 aliphatic heterocycles. The second-order valence-electron chi connectivity index (χ2n) is 3.86. The van der Waals surface area contributed by atoms with Crippen molar-refractivity contribution in [1.82, 2.24) is 4.98 Å². The largest absolute Gasteiger partial charge is 0.321 e. The van der Waals surface area contributed by atoms with Crippen LogP contribution in [0.3, 0.4) is 0 Å². The number of nitrogens with one attached hydrogen (secondary N) is 2. The Hall–Kier alpha value is -2.33. The van der Waals surface area contributed by atoms with Crippen LogP contribution in [0.25, 0.3) is 0 Å². The van der Waals surface area contributed by atoms with Gasteiger partial charge in [-0.3, -0.25) is 10.6 Å². The van der Waals surface area contributed by atoms with Crippen LogP contribution < -0.4 is 16.0 Å². The van der Waals surface area contributed by atoms with E-state index in [-0.39, 0.29) is 5.69 Å². The molecule has 0 spiro atoms. The van der Waals surface area contributed by atoms with Crippen LogP contribution in [0, 0.1) is 17.5 Å². The maximum atomic E-state index is 13.5. The molecule has 112 valence electrons. The van der Waals surface area contributed by atoms with Gasteiger partial charge in [-0.25, -0.2) is 18.2 Å². The number of hydrogen-bond donors (Lipinski definition) is 3. The summed E-state index contributed by atoms with van der Waals surface area (Å²) in [6.45, 7) is 0. The summed E-state index contributed by atoms with van der Waals surface area (Å²) in [4.78, 5) is 3.59. The number of pyridine rings is 1. The van der Waals surface area contributed by atoms with Gasteiger partial charge >= 0.3 is 0 Å². The SMILES string of the molecule is NNc1cccnc1S(=O)(=O)Nc1cc(F)cc(F)c1F. The molecule has 1 aromatic carbocycles. The lowest BCUT2D eigenvalue weighted by Gasteiger charge is -2.11. The number of anilines is 2. The second-order valence-corrected chi connectivity index (χ2v) is 5.45. The number of aromatic nitrogens is 1. The van der Waals surface area contributed by atoms with Crippen molar-refractivity contribution in [2.24, 2.45) is 5.84 Å². The predicted molar refractivity (Wildman–Crippen MR) is 69.2 cm³/mol. The number of rotatable bonds is 4. The smallest absolute Gasteiger partial charge is 0.281 e. The summed E-state index contributed by atoms with van der Waals surface area (Å²) in [5.41, 5.74) is 1.16. The third-order valence-electron chi connectivity index (χ3n) is 2.42. The Morgan fingerprint density at radius 3 is 2.52 bits per heavy atom. The minimum atomic E-state index is -4.39. The van der Waals surface area contributed by atoms with Gasteiger partial charge in [-0.05, 0) is 12.1 Å². The number of nitrogens with two attached hydrogens (primary N) is 1. The Labute approximate surface area is 117 Å². The molecule has 0 fully saturated rings. The van der Waals surface area contributed by atoms with Gasteiger partial charge in [0.05, 0.1) is 11.4 Å². The van der Waals surface area contributed by atoms with Gasteiger partial charge in [0.2, 0.25) is 5.03 Å². The number of hydrogen-bond acceptors (Lipinski definition) is 5. The lowest BCUT2D eigenvalue weighted by molar-refractivity contribution is 0.498. The van der Waals surface area contributed by atoms with Gasteiger partial charge in [-0.2, -0.15) is 8.42 Å². The number of nitrogen functional groups attached to an aromatic ring is 1. The molecule has 0 bridgehead atoms. The van der Waals surface area contributed by atoms with Crippen molar-refractivity contribution in [3.63, 3.8) is 0 Å². The zero-order valence-corrected chi connectivity index (χ0v) is 11.1. The van der Waals surface area contributed by atoms with Crippen LogP contribution in [0.15, 0.2) is 35.5 Å². The molecule has 2 rings (SSSR count). The second kappa shape index (κ2) is 5.58. The molecule has 1 aromatic heterocycles. The number of halogens is 3. The fourth-order valence-corrected chi connectivity index (χ4v) is 2.69. The average Bonchev–Trinajstić information content (AvgIpc) is 2.44. The number of sulfonamides is 1. The van der Waals surface area contributed by atoms with E-state index in [0.29, 0.717) is 12.1 Å². The summed E-state index contributed by atoms with van der Waals surface area (Å²) in [5.74, 6) is 0.956. The molecular weight excluding hydrogens is 309 g/mol. The maximum absolute atomic E-state index is 13.5. The molecule has 0 unspecified atom stereocenters. The summed E-state index contributed by atoms with van der Waals surface area (Å²) >= 11 is 0. The van der Waals surface area contributed by atoms with Gasteiger partial charge in [0, 0.05) is 18.3 Å². The van der Waals surface area contributed by atoms with Gasteiger partial charge in [0.1, 0.15) is 5.82 Å². The van der Waals surface area contributed by atoms with Crippen LogP contribution >= 0.6 is 0 Å². The molecule has 4 N–H and O–H groups in total. The lowest BCUT2D eigenvalue weighted by atomic mass is 10.3. The highest BCUT2D eigenvalue weighted by Gasteiger charge is 2.23. The van der Waals surface area contributed by atoms with Gasteiger partial charge in [-0.1, -0.05) is 0 Å². The summed E-state index contributed by atoms with van der Waals surface area (Å²) in [6, 6.07) is 3.52. The predicted octanol–water partition coefficient (Wildman–Crippen LogP) is 1.59. The molecule has 0 amide bonds. The molecule has 0 saturated heterocycles. The zero-order chi connectivity index (χ0) is 15.6. The summed E-state index contributed by atoms with van der Waals surface area (Å²) in [7, 11) is -4.39. The average molecular weight is 318 g/mol. The molecule has 0 aliphatic rings. The number of nitrogens with zero attached hydrogens (tertiary/aromatic N) is 1. The fourth-order valence-electron chi connectivity index (χ4n) is 1.54. The normalized spacial score (nSPS) is 11.2. The first-order chi connectivity index (χ1) is 9.85. The molecule has 0 radical (unpaired) electrons. The van der Waals surface area contributed by atoms with E-state index in [9.17, 15) is 21.6 Å². The molecule has 0 saturated carbocycles. The molecular formula is C11H9F3N4O2S. The molecule has 6 nitrogen and oxygen atoms in total. The van der Waals surface area contributed by atoms with Crippen LogP contribution in [-0.4, -0.2) is 13.4 Å². The van der Waals surface area contributed by atoms with Crippen molar-refractivity contribution in [1.29, 1.82) is 0 Å². The Balaban J connectivity index is 2.47. The Morgan fingerprint density at radius 2 is 1.86 bits per heavy atom. The first-order valence-corrected chi connectivity index (χ1v) is 6.92. The highest BCUT2D eigenvalue weighted by Crippen LogP contribution is 2.24. The monoisotopic (exact) mass is 318 g/mol. The van der Waals surface area contributed by atoms with E-state index >= 15 is 0 Å². The van der Waals surface area contributed by atoms with E-state index in [0.717, 1.165) is 6.20 Å². The van der Waals surface area contributed by atoms with Gasteiger partial charge in [0.25, 0.3) is 10.0 Å². The number of hydrazine groups is 1. The minimum absolute atomic E-state index is 0.0673. The van der Waals surface area contributed by atoms with Crippen LogP contribution in [0.2, 0.25) is 0 Å². The summed E-state index contributed by atoms with van der Waals surface area (Å²) < 4.78 is 65.5. The Bertz CT molecular complexity index is 783. The van der Waals surface area contributed by atoms with Crippen molar-refractivity contribution in [2.45, 2.75) is 5.03 Å². The highest BCUT2D eigenvalue weighted by molar-refractivity contribution is 7.92. The molecule has 0 aliphatic carbocycles. The van der Waals surface area contributed by atoms with Gasteiger partial charge in [0.15, 0.2) is 11.6 Å². The molecule has 10 heteroatoms. The Kier molecular flexibility index (Phi) is 4.00. The fraction of sp³-hybridized carbons (Fsp3) is 0. The van der Waals surface area contributed by atoms with E-state index in [1.807, 2.05) is 0 Å². The summed E-state index contributed by atoms with van der Waals surface area (Å²) in [6.07, 6.45) is 1.16. The standard InChI is InChI=1S/C11H9F3N4O2S/c12-6-4-7(13)10(14)9(5-6)18-21(19,20)11-8(17-15)2-1-3-16-11/h1-5,17-18H,15H2. The molecule has 2 aromatic rings. The van der Waals surface area contributed by atoms with Crippen molar-refractivity contribution < 1.29 is 21.6 Å². The van der Waals surface area contributed by atoms with E-state index < -0.39 is 38.2 Å². The van der Waals surface area contributed by atoms with Crippen molar-refractivity contribution >= 4 is 21.4 Å². The van der Waals surface area contributed by atoms with E-state index in [1.165, 1.54) is 12.1 Å². The zero-order valence-electron chi connectivity index (χ0n) is 10.3. The quantitative estimate of drug-likeness (QED) is 0.452. The minimum Gasteiger partial charge on any atom is -0.321 e. The lowest BCUT2D eigenvalue weighted by Crippen LogP contribution is -2.19. The molecule has 1 heterocycles. The van der Waals surface area contributed by atoms with Crippen molar-refractivity contribution in [3.05, 3.63) is 47.9 Å². The van der Waals surface area contributed by atoms with Crippen LogP contribution in [0.5, 0.6) is 0 Å². The third-order valence-corrected chi connectivity index (χ3v) is 3.74. The Morgan fingerprint density at radius 1 is 1.14 bits per heavy atom. The third kappa shape index (κ3) is 3.06. The van der Waals surface area contributed by atoms with Crippen LogP contribution in [0.1, 0.15) is 0 Å². The van der Waals surface area contributed by atoms with E-state index in [4.69, 9.17) is 5.84 Å². The first-order valence-electron chi connectivity index (χ1n) is 5.44. The van der Waals surface area contributed by atoms with Crippen molar-refractivity contribution in [2.75, 3.05) is 10.1 Å². The van der Waals surface area contributed by atoms with E-state index in [1.54, 1.807) is 4.72 Å². The van der Waals surface area contributed by atoms with Crippen LogP contribution in [-0.2, 0) is 10.0 Å². The maximum Gasteiger partial charge on any atom is 0.281 e. The first kappa shape index (κ1) is 15.1. The molecule has 0 atom stereocenters. The van der Waals surface area contributed by atoms with Gasteiger partial charge < -0.3 is 5.43 Å². The molecule has 21 heavy (non-hydrogen) atoms. The number of benzene rings is 1. The highest BCUT2D eigenvalue weighted by atomic mass is 32.2. The topological polar surface area (TPSA) is 97.1 Å².